The number of aromatic nitrogens is 3. The first-order valence-electron chi connectivity index (χ1n) is 18.7. The molecule has 11 rings (SSSR count). The SMILES string of the molecule is [C-]#[N+]c1ccc2c(c1)c1ccccc1n2-c1c([N+]#[C-])cccc1-c1cccc(C#N)c1-n1c2ccccc2c2c(-n3c4ccccc4c4ccccc43)cccc21. The fourth-order valence-corrected chi connectivity index (χ4v) is 9.05. The summed E-state index contributed by atoms with van der Waals surface area (Å²) in [6.07, 6.45) is 0. The van der Waals surface area contributed by atoms with Crippen molar-refractivity contribution in [1.82, 2.24) is 13.7 Å². The molecular formula is C51H28N6. The van der Waals surface area contributed by atoms with Crippen LogP contribution in [-0.2, 0) is 0 Å². The Morgan fingerprint density at radius 3 is 1.58 bits per heavy atom. The zero-order chi connectivity index (χ0) is 38.2. The Balaban J connectivity index is 1.26. The van der Waals surface area contributed by atoms with Gasteiger partial charge in [0.15, 0.2) is 5.69 Å². The van der Waals surface area contributed by atoms with E-state index < -0.39 is 0 Å². The molecule has 3 heterocycles. The molecule has 262 valence electrons. The van der Waals surface area contributed by atoms with Gasteiger partial charge in [0.25, 0.3) is 0 Å². The molecule has 0 aliphatic rings. The van der Waals surface area contributed by atoms with Crippen molar-refractivity contribution in [3.8, 4) is 34.3 Å². The molecule has 0 N–H and O–H groups in total. The van der Waals surface area contributed by atoms with E-state index in [4.69, 9.17) is 13.1 Å². The second kappa shape index (κ2) is 12.3. The normalized spacial score (nSPS) is 11.5. The predicted octanol–water partition coefficient (Wildman–Crippen LogP) is 13.6. The summed E-state index contributed by atoms with van der Waals surface area (Å²) in [6.45, 7) is 16.2. The first kappa shape index (κ1) is 32.1. The summed E-state index contributed by atoms with van der Waals surface area (Å²) in [5, 5.41) is 17.4. The molecule has 0 saturated heterocycles. The van der Waals surface area contributed by atoms with Crippen LogP contribution in [0.15, 0.2) is 170 Å². The third kappa shape index (κ3) is 4.49. The van der Waals surface area contributed by atoms with Crippen LogP contribution >= 0.6 is 0 Å². The molecule has 0 radical (unpaired) electrons. The van der Waals surface area contributed by atoms with E-state index >= 15 is 0 Å². The van der Waals surface area contributed by atoms with Crippen LogP contribution in [0.25, 0.3) is 103 Å². The molecule has 0 aliphatic carbocycles. The number of hydrogen-bond donors (Lipinski definition) is 0. The van der Waals surface area contributed by atoms with Gasteiger partial charge in [-0.05, 0) is 65.5 Å². The van der Waals surface area contributed by atoms with E-state index in [9.17, 15) is 5.26 Å². The summed E-state index contributed by atoms with van der Waals surface area (Å²) < 4.78 is 6.74. The number of nitrogens with zero attached hydrogens (tertiary/aromatic N) is 6. The Kier molecular flexibility index (Phi) is 6.95. The van der Waals surface area contributed by atoms with Crippen molar-refractivity contribution in [3.63, 3.8) is 0 Å². The van der Waals surface area contributed by atoms with Crippen LogP contribution in [-0.4, -0.2) is 13.7 Å². The topological polar surface area (TPSA) is 47.3 Å². The lowest BCUT2D eigenvalue weighted by Crippen LogP contribution is -2.04. The van der Waals surface area contributed by atoms with Crippen molar-refractivity contribution >= 4 is 76.8 Å². The van der Waals surface area contributed by atoms with Crippen molar-refractivity contribution in [1.29, 1.82) is 5.26 Å². The van der Waals surface area contributed by atoms with E-state index in [0.717, 1.165) is 82.8 Å². The zero-order valence-corrected chi connectivity index (χ0v) is 30.3. The van der Waals surface area contributed by atoms with E-state index in [-0.39, 0.29) is 0 Å². The minimum Gasteiger partial charge on any atom is -0.318 e. The van der Waals surface area contributed by atoms with E-state index in [1.54, 1.807) is 0 Å². The van der Waals surface area contributed by atoms with Crippen LogP contribution in [0.2, 0.25) is 0 Å². The van der Waals surface area contributed by atoms with E-state index in [0.29, 0.717) is 16.9 Å². The number of para-hydroxylation sites is 6. The zero-order valence-electron chi connectivity index (χ0n) is 30.3. The quantitative estimate of drug-likeness (QED) is 0.167. The number of nitriles is 1. The molecule has 0 unspecified atom stereocenters. The van der Waals surface area contributed by atoms with Crippen molar-refractivity contribution in [3.05, 3.63) is 198 Å². The Morgan fingerprint density at radius 1 is 0.421 bits per heavy atom. The molecule has 11 aromatic rings. The van der Waals surface area contributed by atoms with Gasteiger partial charge in [0.1, 0.15) is 6.07 Å². The molecule has 0 bridgehead atoms. The van der Waals surface area contributed by atoms with Crippen molar-refractivity contribution in [2.75, 3.05) is 0 Å². The summed E-state index contributed by atoms with van der Waals surface area (Å²) >= 11 is 0. The second-order valence-corrected chi connectivity index (χ2v) is 14.2. The van der Waals surface area contributed by atoms with Crippen LogP contribution in [0.5, 0.6) is 0 Å². The average molecular weight is 725 g/mol. The highest BCUT2D eigenvalue weighted by Gasteiger charge is 2.25. The third-order valence-electron chi connectivity index (χ3n) is 11.3. The van der Waals surface area contributed by atoms with Crippen molar-refractivity contribution in [2.24, 2.45) is 0 Å². The lowest BCUT2D eigenvalue weighted by atomic mass is 9.97. The molecule has 0 saturated carbocycles. The molecule has 0 atom stereocenters. The molecule has 0 aliphatic heterocycles. The van der Waals surface area contributed by atoms with Crippen LogP contribution in [0, 0.1) is 24.5 Å². The molecule has 6 nitrogen and oxygen atoms in total. The highest BCUT2D eigenvalue weighted by atomic mass is 15.0. The minimum absolute atomic E-state index is 0.480. The molecule has 0 fully saturated rings. The fourth-order valence-electron chi connectivity index (χ4n) is 9.05. The Morgan fingerprint density at radius 2 is 0.930 bits per heavy atom. The molecule has 8 aromatic carbocycles. The van der Waals surface area contributed by atoms with Gasteiger partial charge in [-0.2, -0.15) is 5.26 Å². The largest absolute Gasteiger partial charge is 0.318 e. The molecule has 6 heteroatoms. The monoisotopic (exact) mass is 724 g/mol. The van der Waals surface area contributed by atoms with E-state index in [2.05, 4.69) is 139 Å². The Bertz CT molecular complexity index is 3580. The molecule has 0 amide bonds. The van der Waals surface area contributed by atoms with Gasteiger partial charge in [0, 0.05) is 32.5 Å². The third-order valence-corrected chi connectivity index (χ3v) is 11.3. The van der Waals surface area contributed by atoms with Gasteiger partial charge in [0.2, 0.25) is 5.69 Å². The summed E-state index contributed by atoms with van der Waals surface area (Å²) in [5.41, 5.74) is 11.7. The molecular weight excluding hydrogens is 697 g/mol. The predicted molar refractivity (Wildman–Crippen MR) is 232 cm³/mol. The lowest BCUT2D eigenvalue weighted by Gasteiger charge is -2.20. The number of hydrogen-bond acceptors (Lipinski definition) is 1. The van der Waals surface area contributed by atoms with E-state index in [1.807, 2.05) is 60.7 Å². The summed E-state index contributed by atoms with van der Waals surface area (Å²) in [7, 11) is 0. The standard InChI is InChI=1S/C51H28N6/c1-53-33-28-29-46-40(30-33)36-17-5-9-24-44(36)56(46)51-38(20-12-21-41(51)54-2)37-19-11-14-32(31-52)50(37)57-45-25-10-6-18-39(45)49-47(26-13-27-48(49)57)55-42-22-7-3-15-34(42)35-16-4-8-23-43(35)55/h3-30H. The van der Waals surface area contributed by atoms with Gasteiger partial charge in [0.05, 0.1) is 68.9 Å². The summed E-state index contributed by atoms with van der Waals surface area (Å²) in [5.74, 6) is 0. The number of rotatable bonds is 4. The van der Waals surface area contributed by atoms with Gasteiger partial charge >= 0.3 is 0 Å². The van der Waals surface area contributed by atoms with Crippen LogP contribution in [0.1, 0.15) is 5.56 Å². The van der Waals surface area contributed by atoms with E-state index in [1.165, 1.54) is 10.8 Å². The van der Waals surface area contributed by atoms with Gasteiger partial charge in [-0.3, -0.25) is 0 Å². The highest BCUT2D eigenvalue weighted by Crippen LogP contribution is 2.46. The maximum Gasteiger partial charge on any atom is 0.211 e. The highest BCUT2D eigenvalue weighted by molar-refractivity contribution is 6.17. The minimum atomic E-state index is 0.480. The van der Waals surface area contributed by atoms with Gasteiger partial charge in [-0.15, -0.1) is 0 Å². The summed E-state index contributed by atoms with van der Waals surface area (Å²) in [6, 6.07) is 60.0. The van der Waals surface area contributed by atoms with Crippen molar-refractivity contribution in [2.45, 2.75) is 0 Å². The van der Waals surface area contributed by atoms with Gasteiger partial charge in [-0.1, -0.05) is 115 Å². The Labute approximate surface area is 327 Å². The van der Waals surface area contributed by atoms with Gasteiger partial charge in [-0.25, -0.2) is 9.69 Å². The van der Waals surface area contributed by atoms with Crippen molar-refractivity contribution < 1.29 is 0 Å². The first-order valence-corrected chi connectivity index (χ1v) is 18.7. The van der Waals surface area contributed by atoms with Crippen LogP contribution < -0.4 is 0 Å². The molecule has 3 aromatic heterocycles. The smallest absolute Gasteiger partial charge is 0.211 e. The van der Waals surface area contributed by atoms with Gasteiger partial charge < -0.3 is 13.7 Å². The molecule has 0 spiro atoms. The number of fused-ring (bicyclic) bond motifs is 9. The van der Waals surface area contributed by atoms with Crippen LogP contribution in [0.3, 0.4) is 0 Å². The summed E-state index contributed by atoms with van der Waals surface area (Å²) in [4.78, 5) is 7.82. The second-order valence-electron chi connectivity index (χ2n) is 14.2. The first-order chi connectivity index (χ1) is 28.2. The lowest BCUT2D eigenvalue weighted by molar-refractivity contribution is 1.15. The maximum absolute atomic E-state index is 10.9. The Hall–Kier alpha value is -8.37. The number of benzene rings is 8. The molecule has 57 heavy (non-hydrogen) atoms. The average Bonchev–Trinajstić information content (AvgIpc) is 3.91. The maximum atomic E-state index is 10.9. The fraction of sp³-hybridized carbons (Fsp3) is 0. The van der Waals surface area contributed by atoms with Crippen LogP contribution in [0.4, 0.5) is 11.4 Å².